The smallest absolute Gasteiger partial charge is 0.267 e. The Hall–Kier alpha value is -2.83. The minimum absolute atomic E-state index is 0.0189. The number of hydrogen-bond donors (Lipinski definition) is 0. The number of piperazine rings is 1. The van der Waals surface area contributed by atoms with Gasteiger partial charge < -0.3 is 14.4 Å². The molecule has 1 atom stereocenters. The van der Waals surface area contributed by atoms with Crippen LogP contribution >= 0.6 is 11.6 Å². The quantitative estimate of drug-likeness (QED) is 0.604. The molecule has 1 unspecified atom stereocenters. The summed E-state index contributed by atoms with van der Waals surface area (Å²) >= 11 is 6.41. The highest BCUT2D eigenvalue weighted by molar-refractivity contribution is 6.30. The Balaban J connectivity index is 1.20. The van der Waals surface area contributed by atoms with Crippen LogP contribution in [-0.4, -0.2) is 59.6 Å². The molecular formula is C23H22ClN3O3. The molecule has 154 valence electrons. The minimum atomic E-state index is -0.592. The normalized spacial score (nSPS) is 19.1. The molecule has 0 aliphatic carbocycles. The summed E-state index contributed by atoms with van der Waals surface area (Å²) in [5, 5.41) is 1.62. The van der Waals surface area contributed by atoms with Crippen molar-refractivity contribution in [3.8, 4) is 11.5 Å². The number of halogens is 1. The van der Waals surface area contributed by atoms with Crippen LogP contribution in [0.5, 0.6) is 11.5 Å². The van der Waals surface area contributed by atoms with Crippen LogP contribution in [0, 0.1) is 0 Å². The van der Waals surface area contributed by atoms with Gasteiger partial charge in [0.25, 0.3) is 5.91 Å². The van der Waals surface area contributed by atoms with Crippen LogP contribution in [0.15, 0.2) is 54.6 Å². The molecule has 3 aromatic rings. The van der Waals surface area contributed by atoms with Crippen molar-refractivity contribution in [1.82, 2.24) is 14.8 Å². The van der Waals surface area contributed by atoms with Crippen molar-refractivity contribution < 1.29 is 14.3 Å². The van der Waals surface area contributed by atoms with Gasteiger partial charge in [-0.15, -0.1) is 0 Å². The van der Waals surface area contributed by atoms with Gasteiger partial charge in [0.2, 0.25) is 6.10 Å². The van der Waals surface area contributed by atoms with E-state index >= 15 is 0 Å². The van der Waals surface area contributed by atoms with Crippen molar-refractivity contribution in [2.75, 3.05) is 32.8 Å². The molecular weight excluding hydrogens is 402 g/mol. The first kappa shape index (κ1) is 19.2. The maximum atomic E-state index is 12.9. The molecule has 6 nitrogen and oxygen atoms in total. The molecule has 0 radical (unpaired) electrons. The summed E-state index contributed by atoms with van der Waals surface area (Å²) in [5.74, 6) is 1.29. The lowest BCUT2D eigenvalue weighted by Gasteiger charge is -2.37. The number of fused-ring (bicyclic) bond motifs is 2. The lowest BCUT2D eigenvalue weighted by molar-refractivity contribution is -0.143. The summed E-state index contributed by atoms with van der Waals surface area (Å²) in [7, 11) is 0. The van der Waals surface area contributed by atoms with Crippen molar-refractivity contribution in [2.24, 2.45) is 0 Å². The average molecular weight is 424 g/mol. The van der Waals surface area contributed by atoms with E-state index in [2.05, 4.69) is 16.0 Å². The third kappa shape index (κ3) is 3.80. The van der Waals surface area contributed by atoms with Crippen LogP contribution in [0.2, 0.25) is 5.15 Å². The highest BCUT2D eigenvalue weighted by atomic mass is 35.5. The van der Waals surface area contributed by atoms with E-state index in [1.807, 2.05) is 53.4 Å². The van der Waals surface area contributed by atoms with Crippen LogP contribution in [0.25, 0.3) is 10.9 Å². The topological polar surface area (TPSA) is 54.9 Å². The standard InChI is InChI=1S/C23H22ClN3O3/c24-22-17(13-16-5-1-2-6-18(16)25-22)14-26-9-11-27(12-10-26)23(28)21-15-29-19-7-3-4-8-20(19)30-21/h1-8,13,21H,9-12,14-15H2. The zero-order valence-corrected chi connectivity index (χ0v) is 17.2. The molecule has 2 aromatic carbocycles. The van der Waals surface area contributed by atoms with Crippen LogP contribution in [0.3, 0.4) is 0 Å². The van der Waals surface area contributed by atoms with E-state index in [1.54, 1.807) is 0 Å². The van der Waals surface area contributed by atoms with Crippen molar-refractivity contribution in [3.05, 3.63) is 65.3 Å². The van der Waals surface area contributed by atoms with Crippen LogP contribution in [0.1, 0.15) is 5.56 Å². The molecule has 0 bridgehead atoms. The molecule has 1 amide bonds. The first-order chi connectivity index (χ1) is 14.7. The highest BCUT2D eigenvalue weighted by Crippen LogP contribution is 2.31. The second-order valence-electron chi connectivity index (χ2n) is 7.60. The largest absolute Gasteiger partial charge is 0.485 e. The van der Waals surface area contributed by atoms with Gasteiger partial charge in [0.1, 0.15) is 11.8 Å². The third-order valence-corrected chi connectivity index (χ3v) is 5.94. The molecule has 0 saturated carbocycles. The second kappa shape index (κ2) is 8.13. The lowest BCUT2D eigenvalue weighted by Crippen LogP contribution is -2.53. The lowest BCUT2D eigenvalue weighted by atomic mass is 10.1. The Morgan fingerprint density at radius 2 is 1.77 bits per heavy atom. The van der Waals surface area contributed by atoms with E-state index in [1.165, 1.54) is 0 Å². The molecule has 2 aliphatic heterocycles. The van der Waals surface area contributed by atoms with Gasteiger partial charge in [-0.25, -0.2) is 4.98 Å². The monoisotopic (exact) mass is 423 g/mol. The fraction of sp³-hybridized carbons (Fsp3) is 0.304. The summed E-state index contributed by atoms with van der Waals surface area (Å²) in [6.07, 6.45) is -0.592. The summed E-state index contributed by atoms with van der Waals surface area (Å²) in [4.78, 5) is 21.6. The molecule has 1 saturated heterocycles. The summed E-state index contributed by atoms with van der Waals surface area (Å²) in [6.45, 7) is 3.82. The predicted molar refractivity (Wildman–Crippen MR) is 115 cm³/mol. The van der Waals surface area contributed by atoms with E-state index in [0.29, 0.717) is 29.7 Å². The number of benzene rings is 2. The van der Waals surface area contributed by atoms with Gasteiger partial charge in [0, 0.05) is 43.7 Å². The number of para-hydroxylation sites is 3. The summed E-state index contributed by atoms with van der Waals surface area (Å²) in [6, 6.07) is 17.5. The molecule has 1 fully saturated rings. The van der Waals surface area contributed by atoms with E-state index in [0.717, 1.165) is 36.1 Å². The summed E-state index contributed by atoms with van der Waals surface area (Å²) < 4.78 is 11.6. The molecule has 5 rings (SSSR count). The van der Waals surface area contributed by atoms with Crippen LogP contribution in [-0.2, 0) is 11.3 Å². The van der Waals surface area contributed by atoms with Crippen molar-refractivity contribution in [1.29, 1.82) is 0 Å². The van der Waals surface area contributed by atoms with Crippen LogP contribution < -0.4 is 9.47 Å². The van der Waals surface area contributed by atoms with E-state index in [9.17, 15) is 4.79 Å². The van der Waals surface area contributed by atoms with Gasteiger partial charge >= 0.3 is 0 Å². The molecule has 3 heterocycles. The fourth-order valence-corrected chi connectivity index (χ4v) is 4.16. The van der Waals surface area contributed by atoms with E-state index < -0.39 is 6.10 Å². The van der Waals surface area contributed by atoms with Crippen molar-refractivity contribution >= 4 is 28.4 Å². The maximum absolute atomic E-state index is 12.9. The summed E-state index contributed by atoms with van der Waals surface area (Å²) in [5.41, 5.74) is 1.91. The maximum Gasteiger partial charge on any atom is 0.267 e. The zero-order valence-electron chi connectivity index (χ0n) is 16.5. The fourth-order valence-electron chi connectivity index (χ4n) is 3.96. The first-order valence-corrected chi connectivity index (χ1v) is 10.5. The first-order valence-electron chi connectivity index (χ1n) is 10.1. The van der Waals surface area contributed by atoms with Gasteiger partial charge in [0.15, 0.2) is 11.5 Å². The molecule has 1 aromatic heterocycles. The molecule has 2 aliphatic rings. The Kier molecular flexibility index (Phi) is 5.19. The van der Waals surface area contributed by atoms with Gasteiger partial charge in [-0.05, 0) is 24.3 Å². The number of pyridine rings is 1. The SMILES string of the molecule is O=C(C1COc2ccccc2O1)N1CCN(Cc2cc3ccccc3nc2Cl)CC1. The molecule has 0 N–H and O–H groups in total. The van der Waals surface area contributed by atoms with Crippen molar-refractivity contribution in [2.45, 2.75) is 12.6 Å². The number of rotatable bonds is 3. The number of carbonyl (C=O) groups excluding carboxylic acids is 1. The zero-order chi connectivity index (χ0) is 20.5. The molecule has 7 heteroatoms. The van der Waals surface area contributed by atoms with Gasteiger partial charge in [-0.1, -0.05) is 41.9 Å². The predicted octanol–water partition coefficient (Wildman–Crippen LogP) is 3.37. The highest BCUT2D eigenvalue weighted by Gasteiger charge is 2.32. The van der Waals surface area contributed by atoms with Crippen LogP contribution in [0.4, 0.5) is 0 Å². The number of ether oxygens (including phenoxy) is 2. The minimum Gasteiger partial charge on any atom is -0.485 e. The Morgan fingerprint density at radius 1 is 1.03 bits per heavy atom. The Labute approximate surface area is 180 Å². The van der Waals surface area contributed by atoms with Crippen molar-refractivity contribution in [3.63, 3.8) is 0 Å². The number of nitrogens with zero attached hydrogens (tertiary/aromatic N) is 3. The Bertz CT molecular complexity index is 1080. The van der Waals surface area contributed by atoms with Gasteiger partial charge in [0.05, 0.1) is 5.52 Å². The Morgan fingerprint density at radius 3 is 2.60 bits per heavy atom. The van der Waals surface area contributed by atoms with Gasteiger partial charge in [-0.3, -0.25) is 9.69 Å². The molecule has 30 heavy (non-hydrogen) atoms. The number of carbonyl (C=O) groups is 1. The number of aromatic nitrogens is 1. The third-order valence-electron chi connectivity index (χ3n) is 5.61. The van der Waals surface area contributed by atoms with E-state index in [-0.39, 0.29) is 12.5 Å². The number of hydrogen-bond acceptors (Lipinski definition) is 5. The van der Waals surface area contributed by atoms with Gasteiger partial charge in [-0.2, -0.15) is 0 Å². The average Bonchev–Trinajstić information content (AvgIpc) is 2.79. The number of amides is 1. The second-order valence-corrected chi connectivity index (χ2v) is 7.95. The molecule has 0 spiro atoms. The van der Waals surface area contributed by atoms with E-state index in [4.69, 9.17) is 21.1 Å².